The molecule has 1 atom stereocenters. The van der Waals surface area contributed by atoms with Crippen molar-refractivity contribution in [3.63, 3.8) is 0 Å². The van der Waals surface area contributed by atoms with E-state index in [1.54, 1.807) is 4.90 Å². The molecule has 19 heavy (non-hydrogen) atoms. The Hall–Kier alpha value is -1.84. The molecule has 102 valence electrons. The number of carbonyl (C=O) groups excluding carboxylic acids is 2. The zero-order chi connectivity index (χ0) is 13.8. The maximum atomic E-state index is 12.0. The molecule has 2 amide bonds. The topological polar surface area (TPSA) is 49.4 Å². The fourth-order valence-corrected chi connectivity index (χ4v) is 2.32. The number of para-hydroxylation sites is 1. The summed E-state index contributed by atoms with van der Waals surface area (Å²) in [5.74, 6) is 0.436. The minimum Gasteiger partial charge on any atom is -0.351 e. The van der Waals surface area contributed by atoms with Crippen molar-refractivity contribution in [1.82, 2.24) is 5.32 Å². The Morgan fingerprint density at radius 3 is 2.68 bits per heavy atom. The van der Waals surface area contributed by atoms with Crippen molar-refractivity contribution in [2.45, 2.75) is 32.7 Å². The number of nitrogens with zero attached hydrogens (tertiary/aromatic N) is 1. The Morgan fingerprint density at radius 2 is 2.05 bits per heavy atom. The normalized spacial score (nSPS) is 19.0. The third kappa shape index (κ3) is 3.56. The molecule has 0 saturated carbocycles. The standard InChI is InChI=1S/C15H20N2O2/c1-11(2)8-14(18)16-12-9-15(19)17(10-12)13-6-4-3-5-7-13/h3-7,11-12H,8-10H2,1-2H3,(H,16,18)/t12-/m1/s1. The monoisotopic (exact) mass is 260 g/mol. The molecular weight excluding hydrogens is 240 g/mol. The van der Waals surface area contributed by atoms with Gasteiger partial charge in [0.25, 0.3) is 0 Å². The van der Waals surface area contributed by atoms with Crippen LogP contribution >= 0.6 is 0 Å². The lowest BCUT2D eigenvalue weighted by atomic mass is 10.1. The van der Waals surface area contributed by atoms with Gasteiger partial charge in [-0.2, -0.15) is 0 Å². The van der Waals surface area contributed by atoms with E-state index in [2.05, 4.69) is 5.32 Å². The van der Waals surface area contributed by atoms with E-state index in [1.165, 1.54) is 0 Å². The van der Waals surface area contributed by atoms with E-state index in [1.807, 2.05) is 44.2 Å². The van der Waals surface area contributed by atoms with Crippen LogP contribution < -0.4 is 10.2 Å². The zero-order valence-corrected chi connectivity index (χ0v) is 11.4. The largest absolute Gasteiger partial charge is 0.351 e. The molecule has 0 bridgehead atoms. The van der Waals surface area contributed by atoms with Crippen LogP contribution in [0.5, 0.6) is 0 Å². The molecule has 0 aliphatic carbocycles. The number of anilines is 1. The predicted molar refractivity (Wildman–Crippen MR) is 74.8 cm³/mol. The van der Waals surface area contributed by atoms with Gasteiger partial charge in [0.2, 0.25) is 11.8 Å². The number of hydrogen-bond acceptors (Lipinski definition) is 2. The van der Waals surface area contributed by atoms with Gasteiger partial charge in [-0.1, -0.05) is 32.0 Å². The lowest BCUT2D eigenvalue weighted by molar-refractivity contribution is -0.122. The van der Waals surface area contributed by atoms with E-state index in [9.17, 15) is 9.59 Å². The summed E-state index contributed by atoms with van der Waals surface area (Å²) in [5, 5.41) is 2.94. The van der Waals surface area contributed by atoms with Gasteiger partial charge in [-0.25, -0.2) is 0 Å². The van der Waals surface area contributed by atoms with Crippen LogP contribution in [0.15, 0.2) is 30.3 Å². The Bertz CT molecular complexity index is 456. The fourth-order valence-electron chi connectivity index (χ4n) is 2.32. The smallest absolute Gasteiger partial charge is 0.229 e. The van der Waals surface area contributed by atoms with E-state index in [-0.39, 0.29) is 17.9 Å². The Morgan fingerprint density at radius 1 is 1.37 bits per heavy atom. The maximum Gasteiger partial charge on any atom is 0.229 e. The van der Waals surface area contributed by atoms with Crippen LogP contribution in [0.1, 0.15) is 26.7 Å². The average Bonchev–Trinajstić information content (AvgIpc) is 2.70. The van der Waals surface area contributed by atoms with Crippen molar-refractivity contribution < 1.29 is 9.59 Å². The fraction of sp³-hybridized carbons (Fsp3) is 0.467. The molecule has 1 saturated heterocycles. The summed E-state index contributed by atoms with van der Waals surface area (Å²) in [7, 11) is 0. The van der Waals surface area contributed by atoms with E-state index in [0.29, 0.717) is 25.3 Å². The van der Waals surface area contributed by atoms with Gasteiger partial charge in [0.15, 0.2) is 0 Å². The Kier molecular flexibility index (Phi) is 4.20. The molecule has 2 rings (SSSR count). The van der Waals surface area contributed by atoms with Crippen LogP contribution in [0.4, 0.5) is 5.69 Å². The Balaban J connectivity index is 1.94. The van der Waals surface area contributed by atoms with E-state index < -0.39 is 0 Å². The maximum absolute atomic E-state index is 12.0. The van der Waals surface area contributed by atoms with Crippen molar-refractivity contribution in [3.8, 4) is 0 Å². The highest BCUT2D eigenvalue weighted by Gasteiger charge is 2.31. The summed E-state index contributed by atoms with van der Waals surface area (Å²) in [6.45, 7) is 4.58. The molecule has 4 heteroatoms. The number of benzene rings is 1. The molecule has 0 spiro atoms. The highest BCUT2D eigenvalue weighted by Crippen LogP contribution is 2.21. The van der Waals surface area contributed by atoms with Crippen molar-refractivity contribution >= 4 is 17.5 Å². The van der Waals surface area contributed by atoms with Gasteiger partial charge in [-0.3, -0.25) is 9.59 Å². The summed E-state index contributed by atoms with van der Waals surface area (Å²) in [4.78, 5) is 25.4. The highest BCUT2D eigenvalue weighted by atomic mass is 16.2. The quantitative estimate of drug-likeness (QED) is 0.899. The first-order valence-corrected chi connectivity index (χ1v) is 6.71. The van der Waals surface area contributed by atoms with E-state index in [4.69, 9.17) is 0 Å². The lowest BCUT2D eigenvalue weighted by Gasteiger charge is -2.17. The number of nitrogens with one attached hydrogen (secondary N) is 1. The van der Waals surface area contributed by atoms with Crippen LogP contribution in [0.2, 0.25) is 0 Å². The van der Waals surface area contributed by atoms with Crippen molar-refractivity contribution in [2.24, 2.45) is 5.92 Å². The average molecular weight is 260 g/mol. The Labute approximate surface area is 113 Å². The van der Waals surface area contributed by atoms with Crippen LogP contribution in [0.25, 0.3) is 0 Å². The lowest BCUT2D eigenvalue weighted by Crippen LogP contribution is -2.37. The van der Waals surface area contributed by atoms with E-state index in [0.717, 1.165) is 5.69 Å². The van der Waals surface area contributed by atoms with Gasteiger partial charge in [0.1, 0.15) is 0 Å². The summed E-state index contributed by atoms with van der Waals surface area (Å²) in [6, 6.07) is 9.50. The summed E-state index contributed by atoms with van der Waals surface area (Å²) < 4.78 is 0. The summed E-state index contributed by atoms with van der Waals surface area (Å²) >= 11 is 0. The molecule has 1 aromatic carbocycles. The molecule has 0 unspecified atom stereocenters. The number of rotatable bonds is 4. The first-order valence-electron chi connectivity index (χ1n) is 6.71. The second-order valence-corrected chi connectivity index (χ2v) is 5.41. The second kappa shape index (κ2) is 5.87. The van der Waals surface area contributed by atoms with Crippen molar-refractivity contribution in [2.75, 3.05) is 11.4 Å². The van der Waals surface area contributed by atoms with Crippen LogP contribution in [0.3, 0.4) is 0 Å². The molecule has 1 fully saturated rings. The second-order valence-electron chi connectivity index (χ2n) is 5.41. The first kappa shape index (κ1) is 13.6. The molecule has 1 aliphatic rings. The summed E-state index contributed by atoms with van der Waals surface area (Å²) in [5.41, 5.74) is 0.896. The zero-order valence-electron chi connectivity index (χ0n) is 11.4. The minimum absolute atomic E-state index is 0.0303. The SMILES string of the molecule is CC(C)CC(=O)N[C@@H]1CC(=O)N(c2ccccc2)C1. The van der Waals surface area contributed by atoms with Crippen molar-refractivity contribution in [1.29, 1.82) is 0 Å². The van der Waals surface area contributed by atoms with Gasteiger partial charge < -0.3 is 10.2 Å². The van der Waals surface area contributed by atoms with Gasteiger partial charge >= 0.3 is 0 Å². The van der Waals surface area contributed by atoms with Gasteiger partial charge in [-0.15, -0.1) is 0 Å². The first-order chi connectivity index (χ1) is 9.06. The third-order valence-electron chi connectivity index (χ3n) is 3.15. The van der Waals surface area contributed by atoms with Crippen LogP contribution in [0, 0.1) is 5.92 Å². The molecule has 1 heterocycles. The molecule has 0 radical (unpaired) electrons. The predicted octanol–water partition coefficient (Wildman–Crippen LogP) is 1.95. The number of hydrogen-bond donors (Lipinski definition) is 1. The van der Waals surface area contributed by atoms with Crippen molar-refractivity contribution in [3.05, 3.63) is 30.3 Å². The molecule has 1 aliphatic heterocycles. The summed E-state index contributed by atoms with van der Waals surface area (Å²) in [6.07, 6.45) is 0.898. The van der Waals surface area contributed by atoms with Gasteiger partial charge in [-0.05, 0) is 18.1 Å². The number of carbonyl (C=O) groups is 2. The van der Waals surface area contributed by atoms with Crippen LogP contribution in [-0.4, -0.2) is 24.4 Å². The molecule has 1 aromatic rings. The van der Waals surface area contributed by atoms with Gasteiger partial charge in [0, 0.05) is 25.1 Å². The molecular formula is C15H20N2O2. The van der Waals surface area contributed by atoms with Gasteiger partial charge in [0.05, 0.1) is 6.04 Å². The van der Waals surface area contributed by atoms with E-state index >= 15 is 0 Å². The third-order valence-corrected chi connectivity index (χ3v) is 3.15. The molecule has 1 N–H and O–H groups in total. The highest BCUT2D eigenvalue weighted by molar-refractivity contribution is 5.96. The molecule has 4 nitrogen and oxygen atoms in total. The van der Waals surface area contributed by atoms with Crippen LogP contribution in [-0.2, 0) is 9.59 Å². The minimum atomic E-state index is -0.0704. The number of amides is 2. The molecule has 0 aromatic heterocycles.